The van der Waals surface area contributed by atoms with E-state index in [0.717, 1.165) is 6.61 Å². The molecular weight excluding hydrogens is 196 g/mol. The van der Waals surface area contributed by atoms with E-state index >= 15 is 0 Å². The third kappa shape index (κ3) is 2.35. The number of rotatable bonds is 2. The van der Waals surface area contributed by atoms with E-state index in [4.69, 9.17) is 4.74 Å². The molecule has 0 saturated carbocycles. The van der Waals surface area contributed by atoms with Gasteiger partial charge in [-0.2, -0.15) is 0 Å². The summed E-state index contributed by atoms with van der Waals surface area (Å²) in [6.45, 7) is 7.42. The summed E-state index contributed by atoms with van der Waals surface area (Å²) in [5.74, 6) is 0.963. The van der Waals surface area contributed by atoms with Crippen molar-refractivity contribution in [3.63, 3.8) is 0 Å². The van der Waals surface area contributed by atoms with Crippen LogP contribution in [0, 0.1) is 5.92 Å². The van der Waals surface area contributed by atoms with Gasteiger partial charge < -0.3 is 4.74 Å². The predicted octanol–water partition coefficient (Wildman–Crippen LogP) is 3.77. The quantitative estimate of drug-likeness (QED) is 0.684. The Morgan fingerprint density at radius 2 is 1.94 bits per heavy atom. The Hall–Kier alpha value is -1.08. The number of hydrogen-bond acceptors (Lipinski definition) is 1. The zero-order valence-corrected chi connectivity index (χ0v) is 10.3. The van der Waals surface area contributed by atoms with Gasteiger partial charge in [-0.3, -0.25) is 0 Å². The van der Waals surface area contributed by atoms with Gasteiger partial charge in [-0.1, -0.05) is 55.8 Å². The van der Waals surface area contributed by atoms with Crippen LogP contribution in [-0.4, -0.2) is 12.7 Å². The average molecular weight is 216 g/mol. The average Bonchev–Trinajstić information content (AvgIpc) is 2.29. The molecule has 16 heavy (non-hydrogen) atoms. The van der Waals surface area contributed by atoms with E-state index in [2.05, 4.69) is 57.2 Å². The topological polar surface area (TPSA) is 9.23 Å². The molecule has 1 aromatic carbocycles. The van der Waals surface area contributed by atoms with E-state index in [9.17, 15) is 0 Å². The fourth-order valence-corrected chi connectivity index (χ4v) is 2.52. The number of ether oxygens (including phenoxy) is 1. The maximum absolute atomic E-state index is 5.95. The highest BCUT2D eigenvalue weighted by Crippen LogP contribution is 2.30. The predicted molar refractivity (Wildman–Crippen MR) is 67.5 cm³/mol. The Morgan fingerprint density at radius 1 is 1.25 bits per heavy atom. The van der Waals surface area contributed by atoms with Gasteiger partial charge in [0, 0.05) is 11.8 Å². The van der Waals surface area contributed by atoms with Gasteiger partial charge in [0.15, 0.2) is 0 Å². The molecule has 1 heterocycles. The molecule has 0 radical (unpaired) electrons. The van der Waals surface area contributed by atoms with Gasteiger partial charge in [0.25, 0.3) is 0 Å². The van der Waals surface area contributed by atoms with Crippen LogP contribution in [0.5, 0.6) is 0 Å². The molecule has 1 aliphatic heterocycles. The van der Waals surface area contributed by atoms with E-state index in [0.29, 0.717) is 17.9 Å². The summed E-state index contributed by atoms with van der Waals surface area (Å²) in [6, 6.07) is 10.6. The first-order valence-corrected chi connectivity index (χ1v) is 6.02. The molecule has 86 valence electrons. The maximum Gasteiger partial charge on any atom is 0.0705 e. The van der Waals surface area contributed by atoms with E-state index in [-0.39, 0.29) is 0 Å². The summed E-state index contributed by atoms with van der Waals surface area (Å²) in [5, 5.41) is 0. The van der Waals surface area contributed by atoms with Crippen molar-refractivity contribution in [3.8, 4) is 0 Å². The summed E-state index contributed by atoms with van der Waals surface area (Å²) >= 11 is 0. The highest BCUT2D eigenvalue weighted by atomic mass is 16.5. The molecule has 0 bridgehead atoms. The van der Waals surface area contributed by atoms with Gasteiger partial charge in [0.2, 0.25) is 0 Å². The summed E-state index contributed by atoms with van der Waals surface area (Å²) in [6.07, 6.45) is 2.65. The summed E-state index contributed by atoms with van der Waals surface area (Å²) in [7, 11) is 0. The molecule has 1 nitrogen and oxygen atoms in total. The zero-order valence-electron chi connectivity index (χ0n) is 10.3. The van der Waals surface area contributed by atoms with Gasteiger partial charge in [0.1, 0.15) is 0 Å². The number of benzene rings is 1. The van der Waals surface area contributed by atoms with Crippen LogP contribution in [0.4, 0.5) is 0 Å². The van der Waals surface area contributed by atoms with Crippen molar-refractivity contribution in [2.24, 2.45) is 5.92 Å². The largest absolute Gasteiger partial charge is 0.373 e. The highest BCUT2D eigenvalue weighted by molar-refractivity contribution is 5.21. The van der Waals surface area contributed by atoms with Crippen molar-refractivity contribution in [1.29, 1.82) is 0 Å². The van der Waals surface area contributed by atoms with Crippen molar-refractivity contribution in [3.05, 3.63) is 47.5 Å². The first kappa shape index (κ1) is 11.4. The second-order valence-electron chi connectivity index (χ2n) is 4.85. The van der Waals surface area contributed by atoms with Gasteiger partial charge in [-0.05, 0) is 12.5 Å². The lowest BCUT2D eigenvalue weighted by Gasteiger charge is -2.32. The Bertz CT molecular complexity index is 366. The third-order valence-corrected chi connectivity index (χ3v) is 3.39. The Kier molecular flexibility index (Phi) is 3.45. The summed E-state index contributed by atoms with van der Waals surface area (Å²) in [4.78, 5) is 0. The van der Waals surface area contributed by atoms with Gasteiger partial charge in [-0.25, -0.2) is 0 Å². The molecule has 1 aromatic rings. The normalized spacial score (nSPS) is 27.3. The van der Waals surface area contributed by atoms with Crippen LogP contribution >= 0.6 is 0 Å². The van der Waals surface area contributed by atoms with Crippen LogP contribution in [0.2, 0.25) is 0 Å². The fourth-order valence-electron chi connectivity index (χ4n) is 2.52. The van der Waals surface area contributed by atoms with Crippen LogP contribution in [0.1, 0.15) is 32.3 Å². The molecule has 0 amide bonds. The molecule has 0 saturated heterocycles. The molecule has 1 heteroatoms. The fraction of sp³-hybridized carbons (Fsp3) is 0.467. The van der Waals surface area contributed by atoms with Gasteiger partial charge in [0.05, 0.1) is 12.7 Å². The second kappa shape index (κ2) is 4.84. The minimum atomic E-state index is 0.311. The second-order valence-corrected chi connectivity index (χ2v) is 4.85. The van der Waals surface area contributed by atoms with Crippen molar-refractivity contribution in [1.82, 2.24) is 0 Å². The van der Waals surface area contributed by atoms with Crippen LogP contribution < -0.4 is 0 Å². The lowest BCUT2D eigenvalue weighted by molar-refractivity contribution is 0.0171. The van der Waals surface area contributed by atoms with Crippen LogP contribution in [0.15, 0.2) is 42.0 Å². The molecule has 3 atom stereocenters. The third-order valence-electron chi connectivity index (χ3n) is 3.39. The Labute approximate surface area is 98.1 Å². The highest BCUT2D eigenvalue weighted by Gasteiger charge is 2.27. The minimum Gasteiger partial charge on any atom is -0.373 e. The van der Waals surface area contributed by atoms with E-state index < -0.39 is 0 Å². The van der Waals surface area contributed by atoms with Gasteiger partial charge >= 0.3 is 0 Å². The lowest BCUT2D eigenvalue weighted by atomic mass is 9.86. The maximum atomic E-state index is 5.95. The standard InChI is InChI=1S/C15H20O/c1-11-9-12(2)15(16-10-11)13(3)14-7-5-4-6-8-14/h4-9,12-13,15H,10H2,1-3H3/t12-,13?,15-/m0/s1. The monoisotopic (exact) mass is 216 g/mol. The van der Waals surface area contributed by atoms with Gasteiger partial charge in [-0.15, -0.1) is 0 Å². The minimum absolute atomic E-state index is 0.311. The van der Waals surface area contributed by atoms with Crippen molar-refractivity contribution < 1.29 is 4.74 Å². The molecule has 0 fully saturated rings. The molecule has 1 aliphatic rings. The van der Waals surface area contributed by atoms with E-state index in [1.54, 1.807) is 0 Å². The van der Waals surface area contributed by atoms with Crippen LogP contribution in [0.25, 0.3) is 0 Å². The molecule has 0 spiro atoms. The molecule has 0 aromatic heterocycles. The Balaban J connectivity index is 2.14. The van der Waals surface area contributed by atoms with Crippen LogP contribution in [0.3, 0.4) is 0 Å². The van der Waals surface area contributed by atoms with E-state index in [1.165, 1.54) is 11.1 Å². The summed E-state index contributed by atoms with van der Waals surface area (Å²) in [5.41, 5.74) is 2.72. The molecule has 1 unspecified atom stereocenters. The summed E-state index contributed by atoms with van der Waals surface area (Å²) < 4.78 is 5.95. The first-order chi connectivity index (χ1) is 7.68. The van der Waals surface area contributed by atoms with E-state index in [1.807, 2.05) is 0 Å². The Morgan fingerprint density at radius 3 is 2.56 bits per heavy atom. The zero-order chi connectivity index (χ0) is 11.5. The lowest BCUT2D eigenvalue weighted by Crippen LogP contribution is -2.30. The first-order valence-electron chi connectivity index (χ1n) is 6.02. The van der Waals surface area contributed by atoms with Crippen molar-refractivity contribution in [2.75, 3.05) is 6.61 Å². The SMILES string of the molecule is CC1=C[C@H](C)[C@@H](C(C)c2ccccc2)OC1. The van der Waals surface area contributed by atoms with Crippen molar-refractivity contribution in [2.45, 2.75) is 32.8 Å². The van der Waals surface area contributed by atoms with Crippen LogP contribution in [-0.2, 0) is 4.74 Å². The molecule has 0 N–H and O–H groups in total. The molecule has 0 aliphatic carbocycles. The number of hydrogen-bond donors (Lipinski definition) is 0. The smallest absolute Gasteiger partial charge is 0.0705 e. The molecule has 2 rings (SSSR count). The van der Waals surface area contributed by atoms with Crippen molar-refractivity contribution >= 4 is 0 Å². The molecular formula is C15H20O.